The molecular formula is C15H19NO3. The molecule has 0 saturated carbocycles. The summed E-state index contributed by atoms with van der Waals surface area (Å²) in [5, 5.41) is 2.87. The number of nitrogens with one attached hydrogen (secondary N) is 1. The van der Waals surface area contributed by atoms with Crippen molar-refractivity contribution in [1.29, 1.82) is 0 Å². The second-order valence-corrected chi connectivity index (χ2v) is 5.01. The molecule has 2 atom stereocenters. The van der Waals surface area contributed by atoms with Crippen LogP contribution in [0.2, 0.25) is 0 Å². The van der Waals surface area contributed by atoms with Crippen molar-refractivity contribution in [3.63, 3.8) is 0 Å². The molecule has 1 N–H and O–H groups in total. The summed E-state index contributed by atoms with van der Waals surface area (Å²) < 4.78 is 5.40. The van der Waals surface area contributed by atoms with Gasteiger partial charge in [0, 0.05) is 12.2 Å². The third-order valence-corrected chi connectivity index (χ3v) is 3.60. The number of amides is 1. The Balaban J connectivity index is 2.21. The maximum atomic E-state index is 12.2. The summed E-state index contributed by atoms with van der Waals surface area (Å²) in [6.45, 7) is 5.90. The molecule has 1 heterocycles. The number of carbonyl (C=O) groups is 2. The normalized spacial score (nSPS) is 22.3. The molecule has 2 rings (SSSR count). The predicted octanol–water partition coefficient (Wildman–Crippen LogP) is 2.56. The van der Waals surface area contributed by atoms with E-state index in [0.717, 1.165) is 12.0 Å². The predicted molar refractivity (Wildman–Crippen MR) is 73.3 cm³/mol. The molecule has 0 aromatic heterocycles. The van der Waals surface area contributed by atoms with Crippen molar-refractivity contribution in [2.45, 2.75) is 33.3 Å². The summed E-state index contributed by atoms with van der Waals surface area (Å²) in [6.07, 6.45) is 0.666. The number of hydrogen-bond acceptors (Lipinski definition) is 3. The maximum Gasteiger partial charge on any atom is 0.230 e. The van der Waals surface area contributed by atoms with Crippen molar-refractivity contribution in [2.24, 2.45) is 5.92 Å². The number of benzene rings is 1. The lowest BCUT2D eigenvalue weighted by atomic mass is 9.99. The van der Waals surface area contributed by atoms with Gasteiger partial charge in [-0.25, -0.2) is 0 Å². The van der Waals surface area contributed by atoms with Gasteiger partial charge < -0.3 is 10.1 Å². The van der Waals surface area contributed by atoms with E-state index >= 15 is 0 Å². The fourth-order valence-electron chi connectivity index (χ4n) is 2.54. The molecule has 102 valence electrons. The van der Waals surface area contributed by atoms with Crippen LogP contribution in [0.3, 0.4) is 0 Å². The highest BCUT2D eigenvalue weighted by molar-refractivity contribution is 6.05. The van der Waals surface area contributed by atoms with Crippen LogP contribution in [0.15, 0.2) is 18.2 Å². The monoisotopic (exact) mass is 261 g/mol. The van der Waals surface area contributed by atoms with Crippen LogP contribution < -0.4 is 5.32 Å². The van der Waals surface area contributed by atoms with Gasteiger partial charge in [0.25, 0.3) is 0 Å². The molecule has 0 aliphatic carbocycles. The van der Waals surface area contributed by atoms with Crippen molar-refractivity contribution in [2.75, 3.05) is 11.9 Å². The van der Waals surface area contributed by atoms with E-state index in [1.165, 1.54) is 6.92 Å². The van der Waals surface area contributed by atoms with Crippen LogP contribution in [0.25, 0.3) is 0 Å². The molecule has 1 fully saturated rings. The van der Waals surface area contributed by atoms with E-state index in [9.17, 15) is 9.59 Å². The molecule has 4 nitrogen and oxygen atoms in total. The van der Waals surface area contributed by atoms with Gasteiger partial charge in [-0.2, -0.15) is 0 Å². The van der Waals surface area contributed by atoms with Gasteiger partial charge in [-0.15, -0.1) is 0 Å². The summed E-state index contributed by atoms with van der Waals surface area (Å²) in [4.78, 5) is 23.9. The Morgan fingerprint density at radius 1 is 1.37 bits per heavy atom. The molecule has 1 aliphatic rings. The Morgan fingerprint density at radius 2 is 2.11 bits per heavy atom. The zero-order valence-electron chi connectivity index (χ0n) is 11.5. The first kappa shape index (κ1) is 13.7. The van der Waals surface area contributed by atoms with Crippen LogP contribution in [-0.4, -0.2) is 24.4 Å². The van der Waals surface area contributed by atoms with E-state index in [1.807, 2.05) is 26.0 Å². The van der Waals surface area contributed by atoms with Crippen LogP contribution in [0.5, 0.6) is 0 Å². The third-order valence-electron chi connectivity index (χ3n) is 3.60. The van der Waals surface area contributed by atoms with Gasteiger partial charge in [0.1, 0.15) is 0 Å². The molecule has 1 aromatic carbocycles. The minimum atomic E-state index is -0.139. The lowest BCUT2D eigenvalue weighted by molar-refractivity contribution is -0.121. The number of aryl methyl sites for hydroxylation is 1. The van der Waals surface area contributed by atoms with Crippen molar-refractivity contribution in [3.05, 3.63) is 29.3 Å². The quantitative estimate of drug-likeness (QED) is 0.851. The number of ether oxygens (including phenoxy) is 1. The fourth-order valence-corrected chi connectivity index (χ4v) is 2.54. The van der Waals surface area contributed by atoms with E-state index in [0.29, 0.717) is 17.9 Å². The van der Waals surface area contributed by atoms with Gasteiger partial charge >= 0.3 is 0 Å². The first-order valence-electron chi connectivity index (χ1n) is 6.53. The van der Waals surface area contributed by atoms with Gasteiger partial charge in [0.05, 0.1) is 17.7 Å². The maximum absolute atomic E-state index is 12.2. The summed E-state index contributed by atoms with van der Waals surface area (Å²) in [7, 11) is 0. The lowest BCUT2D eigenvalue weighted by Gasteiger charge is -2.16. The number of anilines is 1. The first-order valence-corrected chi connectivity index (χ1v) is 6.53. The fraction of sp³-hybridized carbons (Fsp3) is 0.467. The molecule has 1 aliphatic heterocycles. The Morgan fingerprint density at radius 3 is 2.68 bits per heavy atom. The first-order chi connectivity index (χ1) is 9.00. The van der Waals surface area contributed by atoms with Crippen molar-refractivity contribution < 1.29 is 14.3 Å². The summed E-state index contributed by atoms with van der Waals surface area (Å²) in [5.41, 5.74) is 2.06. The highest BCUT2D eigenvalue weighted by atomic mass is 16.5. The van der Waals surface area contributed by atoms with E-state index in [-0.39, 0.29) is 23.7 Å². The van der Waals surface area contributed by atoms with E-state index in [2.05, 4.69) is 5.32 Å². The number of hydrogen-bond donors (Lipinski definition) is 1. The lowest BCUT2D eigenvalue weighted by Crippen LogP contribution is -2.28. The van der Waals surface area contributed by atoms with Crippen molar-refractivity contribution in [3.8, 4) is 0 Å². The van der Waals surface area contributed by atoms with Gasteiger partial charge in [0.2, 0.25) is 5.91 Å². The smallest absolute Gasteiger partial charge is 0.230 e. The molecule has 4 heteroatoms. The summed E-state index contributed by atoms with van der Waals surface area (Å²) in [5.74, 6) is -0.248. The SMILES string of the molecule is CC(=O)c1c(C)cccc1NC(=O)[C@@H]1CCO[C@H]1C. The molecule has 19 heavy (non-hydrogen) atoms. The second kappa shape index (κ2) is 5.53. The zero-order valence-corrected chi connectivity index (χ0v) is 11.5. The molecule has 1 saturated heterocycles. The number of rotatable bonds is 3. The highest BCUT2D eigenvalue weighted by Gasteiger charge is 2.31. The van der Waals surface area contributed by atoms with Crippen LogP contribution >= 0.6 is 0 Å². The largest absolute Gasteiger partial charge is 0.378 e. The van der Waals surface area contributed by atoms with E-state index in [4.69, 9.17) is 4.74 Å². The standard InChI is InChI=1S/C15H19NO3/c1-9-5-4-6-13(14(9)10(2)17)16-15(18)12-7-8-19-11(12)3/h4-6,11-12H,7-8H2,1-3H3,(H,16,18)/t11-,12+/m0/s1. The van der Waals surface area contributed by atoms with Crippen LogP contribution in [0, 0.1) is 12.8 Å². The third kappa shape index (κ3) is 2.84. The minimum Gasteiger partial charge on any atom is -0.378 e. The summed E-state index contributed by atoms with van der Waals surface area (Å²) in [6, 6.07) is 5.47. The Bertz CT molecular complexity index is 510. The van der Waals surface area contributed by atoms with Crippen LogP contribution in [-0.2, 0) is 9.53 Å². The molecule has 1 amide bonds. The number of carbonyl (C=O) groups excluding carboxylic acids is 2. The van der Waals surface area contributed by atoms with Crippen LogP contribution in [0.4, 0.5) is 5.69 Å². The minimum absolute atomic E-state index is 0.0379. The van der Waals surface area contributed by atoms with E-state index in [1.54, 1.807) is 6.07 Å². The second-order valence-electron chi connectivity index (χ2n) is 5.01. The highest BCUT2D eigenvalue weighted by Crippen LogP contribution is 2.25. The average molecular weight is 261 g/mol. The molecule has 0 bridgehead atoms. The van der Waals surface area contributed by atoms with Crippen LogP contribution in [0.1, 0.15) is 36.2 Å². The summed E-state index contributed by atoms with van der Waals surface area (Å²) >= 11 is 0. The van der Waals surface area contributed by atoms with Gasteiger partial charge in [-0.05, 0) is 38.8 Å². The topological polar surface area (TPSA) is 55.4 Å². The molecule has 0 radical (unpaired) electrons. The van der Waals surface area contributed by atoms with Crippen molar-refractivity contribution in [1.82, 2.24) is 0 Å². The van der Waals surface area contributed by atoms with Crippen molar-refractivity contribution >= 4 is 17.4 Å². The molecule has 0 spiro atoms. The zero-order chi connectivity index (χ0) is 14.0. The Hall–Kier alpha value is -1.68. The molecular weight excluding hydrogens is 242 g/mol. The Labute approximate surface area is 113 Å². The van der Waals surface area contributed by atoms with Gasteiger partial charge in [0.15, 0.2) is 5.78 Å². The molecule has 0 unspecified atom stereocenters. The van der Waals surface area contributed by atoms with Gasteiger partial charge in [-0.3, -0.25) is 9.59 Å². The number of ketones is 1. The van der Waals surface area contributed by atoms with Gasteiger partial charge in [-0.1, -0.05) is 12.1 Å². The number of Topliss-reactive ketones (excluding diaryl/α,β-unsaturated/α-hetero) is 1. The average Bonchev–Trinajstić information content (AvgIpc) is 2.75. The Kier molecular flexibility index (Phi) is 4.00. The molecule has 1 aromatic rings. The van der Waals surface area contributed by atoms with E-state index < -0.39 is 0 Å².